The molecule has 0 heterocycles. The lowest BCUT2D eigenvalue weighted by Crippen LogP contribution is -2.33. The summed E-state index contributed by atoms with van der Waals surface area (Å²) in [5.41, 5.74) is 0.00637. The average Bonchev–Trinajstić information content (AvgIpc) is 2.38. The maximum atomic E-state index is 12.3. The van der Waals surface area contributed by atoms with Gasteiger partial charge in [0.15, 0.2) is 5.75 Å². The number of halogens is 3. The van der Waals surface area contributed by atoms with E-state index in [0.717, 1.165) is 11.0 Å². The van der Waals surface area contributed by atoms with Crippen LogP contribution in [-0.4, -0.2) is 42.2 Å². The number of hydrogen-bond acceptors (Lipinski definition) is 3. The van der Waals surface area contributed by atoms with E-state index in [1.54, 1.807) is 0 Å². The Bertz CT molecular complexity index is 528. The smallest absolute Gasteiger partial charge is 0.387 e. The Morgan fingerprint density at radius 1 is 1.48 bits per heavy atom. The number of alkyl halides is 2. The molecular formula is C12H13ClF2N2O4. The molecule has 0 unspecified atom stereocenters. The van der Waals surface area contributed by atoms with Gasteiger partial charge in [0.1, 0.15) is 0 Å². The molecule has 0 saturated heterocycles. The van der Waals surface area contributed by atoms with E-state index in [2.05, 4.69) is 10.1 Å². The van der Waals surface area contributed by atoms with Crippen molar-refractivity contribution in [1.29, 1.82) is 0 Å². The van der Waals surface area contributed by atoms with Crippen LogP contribution in [0.25, 0.3) is 0 Å². The molecule has 0 bridgehead atoms. The molecule has 0 saturated carbocycles. The van der Waals surface area contributed by atoms with Crippen LogP contribution >= 0.6 is 11.6 Å². The first-order valence-electron chi connectivity index (χ1n) is 5.78. The minimum atomic E-state index is -3.07. The van der Waals surface area contributed by atoms with Gasteiger partial charge < -0.3 is 20.1 Å². The quantitative estimate of drug-likeness (QED) is 0.844. The van der Waals surface area contributed by atoms with Gasteiger partial charge in [-0.1, -0.05) is 11.6 Å². The summed E-state index contributed by atoms with van der Waals surface area (Å²) in [4.78, 5) is 23.3. The normalized spacial score (nSPS) is 10.3. The van der Waals surface area contributed by atoms with Crippen LogP contribution in [0.1, 0.15) is 6.42 Å². The topological polar surface area (TPSA) is 78.9 Å². The molecule has 0 aromatic heterocycles. The Balaban J connectivity index is 2.77. The SMILES string of the molecule is CN(CCC(=O)O)C(=O)Nc1ccc(Cl)cc1OC(F)F. The minimum absolute atomic E-state index is 0.00637. The monoisotopic (exact) mass is 322 g/mol. The van der Waals surface area contributed by atoms with Gasteiger partial charge in [-0.3, -0.25) is 4.79 Å². The maximum Gasteiger partial charge on any atom is 0.387 e. The summed E-state index contributed by atoms with van der Waals surface area (Å²) in [5.74, 6) is -1.33. The molecule has 0 fully saturated rings. The third-order valence-corrected chi connectivity index (χ3v) is 2.64. The van der Waals surface area contributed by atoms with Crippen molar-refractivity contribution in [2.45, 2.75) is 13.0 Å². The van der Waals surface area contributed by atoms with Crippen molar-refractivity contribution in [3.63, 3.8) is 0 Å². The number of aliphatic carboxylic acids is 1. The lowest BCUT2D eigenvalue weighted by atomic mass is 10.3. The highest BCUT2D eigenvalue weighted by atomic mass is 35.5. The summed E-state index contributed by atoms with van der Waals surface area (Å²) in [7, 11) is 1.38. The number of rotatable bonds is 6. The van der Waals surface area contributed by atoms with Crippen molar-refractivity contribution >= 4 is 29.3 Å². The van der Waals surface area contributed by atoms with Crippen molar-refractivity contribution in [2.24, 2.45) is 0 Å². The van der Waals surface area contributed by atoms with E-state index in [1.165, 1.54) is 19.2 Å². The fourth-order valence-electron chi connectivity index (χ4n) is 1.37. The molecular weight excluding hydrogens is 310 g/mol. The average molecular weight is 323 g/mol. The summed E-state index contributed by atoms with van der Waals surface area (Å²) < 4.78 is 28.8. The van der Waals surface area contributed by atoms with E-state index in [-0.39, 0.29) is 29.4 Å². The first kappa shape index (κ1) is 17.0. The summed E-state index contributed by atoms with van der Waals surface area (Å²) >= 11 is 5.67. The number of amides is 2. The predicted octanol–water partition coefficient (Wildman–Crippen LogP) is 2.88. The molecule has 0 spiro atoms. The van der Waals surface area contributed by atoms with E-state index in [4.69, 9.17) is 16.7 Å². The zero-order valence-corrected chi connectivity index (χ0v) is 11.7. The number of carbonyl (C=O) groups excluding carboxylic acids is 1. The van der Waals surface area contributed by atoms with Crippen LogP contribution in [0.5, 0.6) is 5.75 Å². The van der Waals surface area contributed by atoms with Crippen molar-refractivity contribution in [3.05, 3.63) is 23.2 Å². The lowest BCUT2D eigenvalue weighted by Gasteiger charge is -2.18. The minimum Gasteiger partial charge on any atom is -0.481 e. The third-order valence-electron chi connectivity index (χ3n) is 2.41. The number of ether oxygens (including phenoxy) is 1. The van der Waals surface area contributed by atoms with Crippen LogP contribution < -0.4 is 10.1 Å². The second kappa shape index (κ2) is 7.63. The lowest BCUT2D eigenvalue weighted by molar-refractivity contribution is -0.137. The fourth-order valence-corrected chi connectivity index (χ4v) is 1.53. The van der Waals surface area contributed by atoms with Crippen molar-refractivity contribution < 1.29 is 28.2 Å². The van der Waals surface area contributed by atoms with Gasteiger partial charge in [0.25, 0.3) is 0 Å². The molecule has 9 heteroatoms. The number of nitrogens with one attached hydrogen (secondary N) is 1. The molecule has 0 aliphatic heterocycles. The molecule has 0 atom stereocenters. The first-order chi connectivity index (χ1) is 9.79. The van der Waals surface area contributed by atoms with Gasteiger partial charge in [-0.25, -0.2) is 4.79 Å². The maximum absolute atomic E-state index is 12.3. The summed E-state index contributed by atoms with van der Waals surface area (Å²) in [6.45, 7) is -3.09. The van der Waals surface area contributed by atoms with Gasteiger partial charge in [0.05, 0.1) is 12.1 Å². The molecule has 0 aliphatic rings. The molecule has 21 heavy (non-hydrogen) atoms. The molecule has 1 aromatic carbocycles. The van der Waals surface area contributed by atoms with Gasteiger partial charge in [0.2, 0.25) is 0 Å². The number of anilines is 1. The first-order valence-corrected chi connectivity index (χ1v) is 6.15. The summed E-state index contributed by atoms with van der Waals surface area (Å²) in [6, 6.07) is 3.19. The van der Waals surface area contributed by atoms with Gasteiger partial charge in [-0.05, 0) is 12.1 Å². The molecule has 6 nitrogen and oxygen atoms in total. The van der Waals surface area contributed by atoms with E-state index in [9.17, 15) is 18.4 Å². The molecule has 0 radical (unpaired) electrons. The van der Waals surface area contributed by atoms with Crippen LogP contribution in [0.15, 0.2) is 18.2 Å². The number of urea groups is 1. The molecule has 116 valence electrons. The number of nitrogens with zero attached hydrogens (tertiary/aromatic N) is 1. The van der Waals surface area contributed by atoms with Gasteiger partial charge in [-0.2, -0.15) is 8.78 Å². The van der Waals surface area contributed by atoms with Crippen molar-refractivity contribution in [2.75, 3.05) is 18.9 Å². The van der Waals surface area contributed by atoms with Gasteiger partial charge >= 0.3 is 18.6 Å². The van der Waals surface area contributed by atoms with Crippen LogP contribution in [0.2, 0.25) is 5.02 Å². The van der Waals surface area contributed by atoms with E-state index >= 15 is 0 Å². The largest absolute Gasteiger partial charge is 0.481 e. The molecule has 2 amide bonds. The highest BCUT2D eigenvalue weighted by molar-refractivity contribution is 6.30. The van der Waals surface area contributed by atoms with Crippen LogP contribution in [-0.2, 0) is 4.79 Å². The van der Waals surface area contributed by atoms with Crippen molar-refractivity contribution in [1.82, 2.24) is 4.90 Å². The highest BCUT2D eigenvalue weighted by Crippen LogP contribution is 2.29. The molecule has 2 N–H and O–H groups in total. The van der Waals surface area contributed by atoms with E-state index in [0.29, 0.717) is 0 Å². The molecule has 1 aromatic rings. The Morgan fingerprint density at radius 3 is 2.71 bits per heavy atom. The van der Waals surface area contributed by atoms with Crippen LogP contribution in [0.3, 0.4) is 0 Å². The number of benzene rings is 1. The Kier molecular flexibility index (Phi) is 6.16. The predicted molar refractivity (Wildman–Crippen MR) is 72.0 cm³/mol. The van der Waals surface area contributed by atoms with Crippen molar-refractivity contribution in [3.8, 4) is 5.75 Å². The van der Waals surface area contributed by atoms with Gasteiger partial charge in [0, 0.05) is 24.7 Å². The van der Waals surface area contributed by atoms with Crippen LogP contribution in [0, 0.1) is 0 Å². The Morgan fingerprint density at radius 2 is 2.14 bits per heavy atom. The number of carbonyl (C=O) groups is 2. The van der Waals surface area contributed by atoms with E-state index < -0.39 is 18.6 Å². The standard InChI is InChI=1S/C12H13ClF2N2O4/c1-17(5-4-10(18)19)12(20)16-8-3-2-7(13)6-9(8)21-11(14)15/h2-3,6,11H,4-5H2,1H3,(H,16,20)(H,18,19). The third kappa shape index (κ3) is 5.82. The zero-order valence-electron chi connectivity index (χ0n) is 11.0. The molecule has 1 rings (SSSR count). The summed E-state index contributed by atoms with van der Waals surface area (Å²) in [6.07, 6.45) is -0.231. The Labute approximate surface area is 124 Å². The molecule has 0 aliphatic carbocycles. The highest BCUT2D eigenvalue weighted by Gasteiger charge is 2.15. The summed E-state index contributed by atoms with van der Waals surface area (Å²) in [5, 5.41) is 11.0. The fraction of sp³-hybridized carbons (Fsp3) is 0.333. The van der Waals surface area contributed by atoms with Gasteiger partial charge in [-0.15, -0.1) is 0 Å². The number of hydrogen-bond donors (Lipinski definition) is 2. The second-order valence-corrected chi connectivity index (χ2v) is 4.45. The van der Waals surface area contributed by atoms with E-state index in [1.807, 2.05) is 0 Å². The number of carboxylic acids is 1. The Hall–Kier alpha value is -2.09. The zero-order chi connectivity index (χ0) is 16.0. The second-order valence-electron chi connectivity index (χ2n) is 4.01. The van der Waals surface area contributed by atoms with Crippen LogP contribution in [0.4, 0.5) is 19.3 Å². The number of carboxylic acid groups (broad SMARTS) is 1.